The number of phenolic OH excluding ortho intramolecular Hbond substituents is 1. The Labute approximate surface area is 77.8 Å². The van der Waals surface area contributed by atoms with Crippen molar-refractivity contribution in [2.75, 3.05) is 6.61 Å². The molecule has 13 heavy (non-hydrogen) atoms. The Morgan fingerprint density at radius 3 is 2.62 bits per heavy atom. The summed E-state index contributed by atoms with van der Waals surface area (Å²) in [6, 6.07) is 6.62. The van der Waals surface area contributed by atoms with Crippen LogP contribution < -0.4 is 4.74 Å². The third kappa shape index (κ3) is 3.47. The molecule has 0 bridgehead atoms. The summed E-state index contributed by atoms with van der Waals surface area (Å²) < 4.78 is 5.32. The second-order valence-electron chi connectivity index (χ2n) is 2.47. The summed E-state index contributed by atoms with van der Waals surface area (Å²) in [5, 5.41) is 8.98. The molecule has 0 saturated carbocycles. The number of rotatable bonds is 4. The highest BCUT2D eigenvalue weighted by atomic mass is 16.5. The van der Waals surface area contributed by atoms with Gasteiger partial charge in [-0.2, -0.15) is 0 Å². The van der Waals surface area contributed by atoms with E-state index in [-0.39, 0.29) is 5.75 Å². The number of benzene rings is 1. The molecule has 0 amide bonds. The third-order valence-electron chi connectivity index (χ3n) is 1.46. The van der Waals surface area contributed by atoms with E-state index in [9.17, 15) is 0 Å². The zero-order valence-corrected chi connectivity index (χ0v) is 7.31. The predicted octanol–water partition coefficient (Wildman–Crippen LogP) is 2.51. The molecule has 68 valence electrons. The maximum Gasteiger partial charge on any atom is 0.120 e. The summed E-state index contributed by atoms with van der Waals surface area (Å²) in [7, 11) is 0. The first-order valence-electron chi connectivity index (χ1n) is 4.02. The van der Waals surface area contributed by atoms with Crippen LogP contribution in [0.1, 0.15) is 0 Å². The number of hydrogen-bond acceptors (Lipinski definition) is 2. The maximum atomic E-state index is 8.98. The lowest BCUT2D eigenvalue weighted by atomic mass is 10.3. The molecule has 0 aliphatic rings. The lowest BCUT2D eigenvalue weighted by molar-refractivity contribution is 0.362. The van der Waals surface area contributed by atoms with Gasteiger partial charge in [0.25, 0.3) is 0 Å². The molecule has 0 radical (unpaired) electrons. The summed E-state index contributed by atoms with van der Waals surface area (Å²) in [5.41, 5.74) is 0. The van der Waals surface area contributed by atoms with Crippen LogP contribution in [0.15, 0.2) is 49.1 Å². The van der Waals surface area contributed by atoms with Crippen LogP contribution in [0.2, 0.25) is 0 Å². The van der Waals surface area contributed by atoms with Gasteiger partial charge in [0.2, 0.25) is 0 Å². The van der Waals surface area contributed by atoms with Crippen LogP contribution >= 0.6 is 0 Å². The van der Waals surface area contributed by atoms with Crippen molar-refractivity contribution in [2.45, 2.75) is 0 Å². The molecule has 0 aliphatic heterocycles. The smallest absolute Gasteiger partial charge is 0.120 e. The minimum atomic E-state index is 0.244. The van der Waals surface area contributed by atoms with E-state index in [1.165, 1.54) is 0 Å². The number of aromatic hydroxyl groups is 1. The second-order valence-corrected chi connectivity index (χ2v) is 2.47. The van der Waals surface area contributed by atoms with Gasteiger partial charge in [-0.25, -0.2) is 0 Å². The van der Waals surface area contributed by atoms with Crippen LogP contribution in [0, 0.1) is 0 Å². The number of hydrogen-bond donors (Lipinski definition) is 1. The van der Waals surface area contributed by atoms with E-state index in [2.05, 4.69) is 6.58 Å². The normalized spacial score (nSPS) is 10.2. The van der Waals surface area contributed by atoms with Gasteiger partial charge in [-0.1, -0.05) is 18.7 Å². The van der Waals surface area contributed by atoms with Gasteiger partial charge in [0.05, 0.1) is 0 Å². The standard InChI is InChI=1S/C11H12O2/c1-2-3-4-9-13-11-7-5-10(12)6-8-11/h2-8,12H,1,9H2/b4-3+. The number of phenols is 1. The molecule has 1 aromatic rings. The van der Waals surface area contributed by atoms with Gasteiger partial charge in [0.1, 0.15) is 18.1 Å². The van der Waals surface area contributed by atoms with Crippen molar-refractivity contribution in [3.05, 3.63) is 49.1 Å². The zero-order valence-electron chi connectivity index (χ0n) is 7.31. The highest BCUT2D eigenvalue weighted by molar-refractivity contribution is 5.30. The van der Waals surface area contributed by atoms with Gasteiger partial charge >= 0.3 is 0 Å². The van der Waals surface area contributed by atoms with Gasteiger partial charge in [0.15, 0.2) is 0 Å². The average Bonchev–Trinajstić information content (AvgIpc) is 2.15. The van der Waals surface area contributed by atoms with Gasteiger partial charge in [-0.15, -0.1) is 0 Å². The summed E-state index contributed by atoms with van der Waals surface area (Å²) in [6.45, 7) is 4.05. The van der Waals surface area contributed by atoms with E-state index >= 15 is 0 Å². The fraction of sp³-hybridized carbons (Fsp3) is 0.0909. The lowest BCUT2D eigenvalue weighted by Gasteiger charge is -2.01. The fourth-order valence-corrected chi connectivity index (χ4v) is 0.838. The van der Waals surface area contributed by atoms with E-state index < -0.39 is 0 Å². The van der Waals surface area contributed by atoms with E-state index in [1.54, 1.807) is 30.3 Å². The van der Waals surface area contributed by atoms with E-state index in [0.29, 0.717) is 6.61 Å². The summed E-state index contributed by atoms with van der Waals surface area (Å²) >= 11 is 0. The molecule has 0 fully saturated rings. The van der Waals surface area contributed by atoms with Crippen LogP contribution in [0.3, 0.4) is 0 Å². The molecular formula is C11H12O2. The largest absolute Gasteiger partial charge is 0.508 e. The molecule has 0 aromatic heterocycles. The van der Waals surface area contributed by atoms with Gasteiger partial charge < -0.3 is 9.84 Å². The molecule has 1 N–H and O–H groups in total. The van der Waals surface area contributed by atoms with Crippen LogP contribution in [0.4, 0.5) is 0 Å². The Balaban J connectivity index is 2.41. The quantitative estimate of drug-likeness (QED) is 0.714. The molecule has 2 nitrogen and oxygen atoms in total. The predicted molar refractivity (Wildman–Crippen MR) is 52.9 cm³/mol. The molecule has 0 unspecified atom stereocenters. The molecular weight excluding hydrogens is 164 g/mol. The molecule has 1 rings (SSSR count). The first kappa shape index (κ1) is 9.39. The van der Waals surface area contributed by atoms with Crippen LogP contribution in [-0.4, -0.2) is 11.7 Å². The first-order chi connectivity index (χ1) is 6.33. The average molecular weight is 176 g/mol. The molecule has 0 aliphatic carbocycles. The molecule has 0 heterocycles. The minimum Gasteiger partial charge on any atom is -0.508 e. The fourth-order valence-electron chi connectivity index (χ4n) is 0.838. The van der Waals surface area contributed by atoms with Crippen molar-refractivity contribution in [3.8, 4) is 11.5 Å². The van der Waals surface area contributed by atoms with Crippen LogP contribution in [-0.2, 0) is 0 Å². The van der Waals surface area contributed by atoms with E-state index in [1.807, 2.05) is 12.2 Å². The van der Waals surface area contributed by atoms with Crippen molar-refractivity contribution >= 4 is 0 Å². The van der Waals surface area contributed by atoms with Crippen LogP contribution in [0.5, 0.6) is 11.5 Å². The molecule has 0 spiro atoms. The molecule has 1 aromatic carbocycles. The highest BCUT2D eigenvalue weighted by Crippen LogP contribution is 2.15. The van der Waals surface area contributed by atoms with Crippen molar-refractivity contribution < 1.29 is 9.84 Å². The highest BCUT2D eigenvalue weighted by Gasteiger charge is 1.90. The first-order valence-corrected chi connectivity index (χ1v) is 4.02. The topological polar surface area (TPSA) is 29.5 Å². The minimum absolute atomic E-state index is 0.244. The summed E-state index contributed by atoms with van der Waals surface area (Å²) in [5.74, 6) is 0.987. The molecule has 2 heteroatoms. The Morgan fingerprint density at radius 1 is 1.31 bits per heavy atom. The second kappa shape index (κ2) is 5.04. The van der Waals surface area contributed by atoms with Crippen molar-refractivity contribution in [1.82, 2.24) is 0 Å². The zero-order chi connectivity index (χ0) is 9.52. The Hall–Kier alpha value is -1.70. The van der Waals surface area contributed by atoms with E-state index in [4.69, 9.17) is 9.84 Å². The third-order valence-corrected chi connectivity index (χ3v) is 1.46. The Morgan fingerprint density at radius 2 is 2.00 bits per heavy atom. The van der Waals surface area contributed by atoms with Crippen molar-refractivity contribution in [2.24, 2.45) is 0 Å². The van der Waals surface area contributed by atoms with Crippen LogP contribution in [0.25, 0.3) is 0 Å². The lowest BCUT2D eigenvalue weighted by Crippen LogP contribution is -1.92. The Bertz CT molecular complexity index is 285. The maximum absolute atomic E-state index is 8.98. The molecule has 0 saturated heterocycles. The van der Waals surface area contributed by atoms with Crippen molar-refractivity contribution in [3.63, 3.8) is 0 Å². The van der Waals surface area contributed by atoms with Gasteiger partial charge in [-0.05, 0) is 30.3 Å². The van der Waals surface area contributed by atoms with Crippen molar-refractivity contribution in [1.29, 1.82) is 0 Å². The summed E-state index contributed by atoms with van der Waals surface area (Å²) in [4.78, 5) is 0. The molecule has 0 atom stereocenters. The number of ether oxygens (including phenoxy) is 1. The van der Waals surface area contributed by atoms with Gasteiger partial charge in [0, 0.05) is 0 Å². The van der Waals surface area contributed by atoms with Gasteiger partial charge in [-0.3, -0.25) is 0 Å². The SMILES string of the molecule is C=C/C=C/COc1ccc(O)cc1. The Kier molecular flexibility index (Phi) is 3.64. The van der Waals surface area contributed by atoms with E-state index in [0.717, 1.165) is 5.75 Å². The monoisotopic (exact) mass is 176 g/mol. The summed E-state index contributed by atoms with van der Waals surface area (Å²) in [6.07, 6.45) is 5.38. The number of allylic oxidation sites excluding steroid dienone is 2.